The van der Waals surface area contributed by atoms with Gasteiger partial charge >= 0.3 is 0 Å². The van der Waals surface area contributed by atoms with Gasteiger partial charge in [0.1, 0.15) is 0 Å². The highest BCUT2D eigenvalue weighted by atomic mass is 35.5. The van der Waals surface area contributed by atoms with Gasteiger partial charge in [0.05, 0.1) is 0 Å². The molecule has 182 valence electrons. The van der Waals surface area contributed by atoms with Crippen LogP contribution in [0.1, 0.15) is 60.0 Å². The van der Waals surface area contributed by atoms with Gasteiger partial charge in [0.2, 0.25) is 5.91 Å². The average molecular weight is 508 g/mol. The van der Waals surface area contributed by atoms with Crippen LogP contribution in [-0.4, -0.2) is 17.7 Å². The summed E-state index contributed by atoms with van der Waals surface area (Å²) >= 11 is 12.2. The molecule has 1 aliphatic rings. The topological polar surface area (TPSA) is 46.2 Å². The van der Waals surface area contributed by atoms with Crippen molar-refractivity contribution in [3.05, 3.63) is 106 Å². The molecule has 1 aliphatic carbocycles. The van der Waals surface area contributed by atoms with Gasteiger partial charge in [0, 0.05) is 39.4 Å². The van der Waals surface area contributed by atoms with E-state index in [1.807, 2.05) is 78.9 Å². The summed E-state index contributed by atoms with van der Waals surface area (Å²) in [6.07, 6.45) is 3.77. The molecular weight excluding hydrogens is 477 g/mol. The summed E-state index contributed by atoms with van der Waals surface area (Å²) < 4.78 is 0. The van der Waals surface area contributed by atoms with Gasteiger partial charge in [-0.25, -0.2) is 0 Å². The zero-order valence-electron chi connectivity index (χ0n) is 19.9. The van der Waals surface area contributed by atoms with Crippen LogP contribution in [0.3, 0.4) is 0 Å². The van der Waals surface area contributed by atoms with Crippen LogP contribution >= 0.6 is 23.2 Å². The molecule has 3 aromatic carbocycles. The quantitative estimate of drug-likeness (QED) is 0.320. The van der Waals surface area contributed by atoms with E-state index in [1.54, 1.807) is 0 Å². The number of carbonyl (C=O) groups excluding carboxylic acids is 2. The third kappa shape index (κ3) is 6.74. The first-order valence-electron chi connectivity index (χ1n) is 12.3. The van der Waals surface area contributed by atoms with E-state index in [-0.39, 0.29) is 35.5 Å². The van der Waals surface area contributed by atoms with E-state index in [9.17, 15) is 9.59 Å². The number of amides is 1. The van der Waals surface area contributed by atoms with Gasteiger partial charge in [-0.15, -0.1) is 0 Å². The number of Topliss-reactive ketones (excluding diaryl/α,β-unsaturated/α-hetero) is 1. The molecule has 1 N–H and O–H groups in total. The van der Waals surface area contributed by atoms with E-state index < -0.39 is 0 Å². The summed E-state index contributed by atoms with van der Waals surface area (Å²) in [5, 5.41) is 4.69. The molecular formula is C30H31Cl2NO2. The largest absolute Gasteiger partial charge is 0.353 e. The SMILES string of the molecule is C[C@H](NC(=O)C1CCC(C(=O)c2ccccc2)CC1)C(Cc1ccc(Cl)cc1)c1ccc(Cl)cc1. The molecule has 35 heavy (non-hydrogen) atoms. The van der Waals surface area contributed by atoms with Crippen LogP contribution in [0, 0.1) is 11.8 Å². The van der Waals surface area contributed by atoms with E-state index in [0.29, 0.717) is 10.0 Å². The molecule has 3 aromatic rings. The zero-order chi connectivity index (χ0) is 24.8. The van der Waals surface area contributed by atoms with Crippen LogP contribution < -0.4 is 5.32 Å². The number of benzene rings is 3. The highest BCUT2D eigenvalue weighted by Gasteiger charge is 2.32. The van der Waals surface area contributed by atoms with Crippen molar-refractivity contribution < 1.29 is 9.59 Å². The molecule has 1 fully saturated rings. The number of nitrogens with one attached hydrogen (secondary N) is 1. The molecule has 5 heteroatoms. The van der Waals surface area contributed by atoms with Crippen LogP contribution in [0.15, 0.2) is 78.9 Å². The Morgan fingerprint density at radius 2 is 1.34 bits per heavy atom. The second kappa shape index (κ2) is 11.9. The summed E-state index contributed by atoms with van der Waals surface area (Å²) in [7, 11) is 0. The minimum atomic E-state index is -0.0666. The van der Waals surface area contributed by atoms with Gasteiger partial charge in [-0.05, 0) is 74.4 Å². The first-order valence-corrected chi connectivity index (χ1v) is 13.1. The summed E-state index contributed by atoms with van der Waals surface area (Å²) in [6.45, 7) is 2.07. The maximum Gasteiger partial charge on any atom is 0.223 e. The predicted molar refractivity (Wildman–Crippen MR) is 143 cm³/mol. The minimum Gasteiger partial charge on any atom is -0.353 e. The number of ketones is 1. The van der Waals surface area contributed by atoms with E-state index in [1.165, 1.54) is 0 Å². The Hall–Kier alpha value is -2.62. The summed E-state index contributed by atoms with van der Waals surface area (Å²) in [4.78, 5) is 26.0. The molecule has 0 radical (unpaired) electrons. The maximum atomic E-state index is 13.2. The number of halogens is 2. The standard InChI is InChI=1S/C30H31Cl2NO2/c1-20(28(22-13-17-27(32)18-14-22)19-21-7-15-26(31)16-8-21)33-30(35)25-11-9-24(10-12-25)29(34)23-5-3-2-4-6-23/h2-8,13-18,20,24-25,28H,9-12,19H2,1H3,(H,33,35)/t20-,24?,25?,28?/m0/s1. The molecule has 0 aromatic heterocycles. The predicted octanol–water partition coefficient (Wildman–Crippen LogP) is 7.51. The lowest BCUT2D eigenvalue weighted by Crippen LogP contribution is -2.42. The monoisotopic (exact) mass is 507 g/mol. The highest BCUT2D eigenvalue weighted by Crippen LogP contribution is 2.32. The molecule has 0 spiro atoms. The van der Waals surface area contributed by atoms with Gasteiger partial charge in [-0.1, -0.05) is 77.8 Å². The van der Waals surface area contributed by atoms with Crippen molar-refractivity contribution in [1.82, 2.24) is 5.32 Å². The van der Waals surface area contributed by atoms with E-state index in [0.717, 1.165) is 48.8 Å². The van der Waals surface area contributed by atoms with E-state index in [2.05, 4.69) is 12.2 Å². The number of hydrogen-bond acceptors (Lipinski definition) is 2. The zero-order valence-corrected chi connectivity index (χ0v) is 21.4. The lowest BCUT2D eigenvalue weighted by molar-refractivity contribution is -0.126. The normalized spacial score (nSPS) is 19.5. The molecule has 1 amide bonds. The molecule has 2 atom stereocenters. The van der Waals surface area contributed by atoms with Crippen molar-refractivity contribution in [3.63, 3.8) is 0 Å². The lowest BCUT2D eigenvalue weighted by atomic mass is 9.78. The Kier molecular flexibility index (Phi) is 8.64. The van der Waals surface area contributed by atoms with Gasteiger partial charge < -0.3 is 5.32 Å². The van der Waals surface area contributed by atoms with Crippen molar-refractivity contribution >= 4 is 34.9 Å². The van der Waals surface area contributed by atoms with E-state index >= 15 is 0 Å². The smallest absolute Gasteiger partial charge is 0.223 e. The van der Waals surface area contributed by atoms with Crippen LogP contribution in [-0.2, 0) is 11.2 Å². The van der Waals surface area contributed by atoms with Gasteiger partial charge in [-0.3, -0.25) is 9.59 Å². The van der Waals surface area contributed by atoms with Crippen LogP contribution in [0.4, 0.5) is 0 Å². The van der Waals surface area contributed by atoms with Gasteiger partial charge in [0.25, 0.3) is 0 Å². The van der Waals surface area contributed by atoms with Crippen molar-refractivity contribution in [2.75, 3.05) is 0 Å². The average Bonchev–Trinajstić information content (AvgIpc) is 2.89. The molecule has 1 unspecified atom stereocenters. The number of hydrogen-bond donors (Lipinski definition) is 1. The van der Waals surface area contributed by atoms with E-state index in [4.69, 9.17) is 23.2 Å². The summed E-state index contributed by atoms with van der Waals surface area (Å²) in [5.74, 6) is 0.319. The van der Waals surface area contributed by atoms with Crippen molar-refractivity contribution in [3.8, 4) is 0 Å². The lowest BCUT2D eigenvalue weighted by Gasteiger charge is -2.30. The Bertz CT molecular complexity index is 1120. The molecule has 0 heterocycles. The third-order valence-electron chi connectivity index (χ3n) is 7.17. The Labute approximate surface area is 217 Å². The molecule has 0 saturated heterocycles. The summed E-state index contributed by atoms with van der Waals surface area (Å²) in [6, 6.07) is 25.1. The van der Waals surface area contributed by atoms with Gasteiger partial charge in [-0.2, -0.15) is 0 Å². The molecule has 0 aliphatic heterocycles. The number of carbonyl (C=O) groups is 2. The number of rotatable bonds is 8. The minimum absolute atomic E-state index is 0.00518. The molecule has 1 saturated carbocycles. The van der Waals surface area contributed by atoms with Gasteiger partial charge in [0.15, 0.2) is 5.78 Å². The Balaban J connectivity index is 1.39. The third-order valence-corrected chi connectivity index (χ3v) is 7.67. The molecule has 4 rings (SSSR count). The fourth-order valence-electron chi connectivity index (χ4n) is 5.07. The van der Waals surface area contributed by atoms with Crippen LogP contribution in [0.25, 0.3) is 0 Å². The highest BCUT2D eigenvalue weighted by molar-refractivity contribution is 6.30. The Morgan fingerprint density at radius 1 is 0.800 bits per heavy atom. The second-order valence-corrected chi connectivity index (χ2v) is 10.4. The fraction of sp³-hybridized carbons (Fsp3) is 0.333. The first-order chi connectivity index (χ1) is 16.9. The maximum absolute atomic E-state index is 13.2. The Morgan fingerprint density at radius 3 is 1.94 bits per heavy atom. The summed E-state index contributed by atoms with van der Waals surface area (Å²) in [5.41, 5.74) is 3.06. The molecule has 3 nitrogen and oxygen atoms in total. The molecule has 0 bridgehead atoms. The van der Waals surface area contributed by atoms with Crippen LogP contribution in [0.5, 0.6) is 0 Å². The fourth-order valence-corrected chi connectivity index (χ4v) is 5.32. The second-order valence-electron chi connectivity index (χ2n) is 9.56. The van der Waals surface area contributed by atoms with Crippen LogP contribution in [0.2, 0.25) is 10.0 Å². The first kappa shape index (κ1) is 25.5. The van der Waals surface area contributed by atoms with Crippen molar-refractivity contribution in [1.29, 1.82) is 0 Å². The van der Waals surface area contributed by atoms with Crippen molar-refractivity contribution in [2.24, 2.45) is 11.8 Å². The van der Waals surface area contributed by atoms with Crippen molar-refractivity contribution in [2.45, 2.75) is 51.0 Å².